The zero-order valence-electron chi connectivity index (χ0n) is 14.9. The summed E-state index contributed by atoms with van der Waals surface area (Å²) in [6.07, 6.45) is -1.94. The number of ether oxygens (including phenoxy) is 1. The molecule has 3 aromatic rings. The number of nitrogens with zero attached hydrogens (tertiary/aromatic N) is 5. The highest BCUT2D eigenvalue weighted by atomic mass is 35.5. The minimum atomic E-state index is -1.34. The van der Waals surface area contributed by atoms with E-state index in [0.717, 1.165) is 0 Å². The molecule has 1 aliphatic heterocycles. The Hall–Kier alpha value is -2.83. The molecule has 11 nitrogen and oxygen atoms in total. The Morgan fingerprint density at radius 2 is 2.07 bits per heavy atom. The number of rotatable bonds is 5. The van der Waals surface area contributed by atoms with Crippen LogP contribution in [0.1, 0.15) is 11.8 Å². The maximum atomic E-state index is 10.4. The molecule has 29 heavy (non-hydrogen) atoms. The topological polar surface area (TPSA) is 164 Å². The SMILES string of the molecule is Nc1ncnc2c1nc(NN=Cc1ccccc1Cl)n2[C@@H]1O[C@H](CO)[C@@H](O)[C@H]1O. The minimum Gasteiger partial charge on any atom is -0.394 e. The van der Waals surface area contributed by atoms with Crippen LogP contribution in [0.25, 0.3) is 11.2 Å². The maximum Gasteiger partial charge on any atom is 0.228 e. The van der Waals surface area contributed by atoms with Gasteiger partial charge in [-0.2, -0.15) is 5.10 Å². The second kappa shape index (κ2) is 7.89. The number of hydrazone groups is 1. The van der Waals surface area contributed by atoms with E-state index in [-0.39, 0.29) is 22.9 Å². The predicted molar refractivity (Wildman–Crippen MR) is 105 cm³/mol. The summed E-state index contributed by atoms with van der Waals surface area (Å²) >= 11 is 6.11. The first-order chi connectivity index (χ1) is 14.0. The zero-order valence-corrected chi connectivity index (χ0v) is 15.7. The van der Waals surface area contributed by atoms with Gasteiger partial charge in [-0.1, -0.05) is 29.8 Å². The molecule has 4 rings (SSSR count). The number of nitrogen functional groups attached to an aromatic ring is 1. The minimum absolute atomic E-state index is 0.124. The van der Waals surface area contributed by atoms with Crippen LogP contribution in [0.15, 0.2) is 35.7 Å². The second-order valence-corrected chi connectivity index (χ2v) is 6.76. The van der Waals surface area contributed by atoms with Crippen molar-refractivity contribution < 1.29 is 20.1 Å². The van der Waals surface area contributed by atoms with Gasteiger partial charge >= 0.3 is 0 Å². The molecule has 0 radical (unpaired) electrons. The highest BCUT2D eigenvalue weighted by Gasteiger charge is 2.45. The third kappa shape index (κ3) is 3.50. The summed E-state index contributed by atoms with van der Waals surface area (Å²) < 4.78 is 7.01. The van der Waals surface area contributed by atoms with Crippen molar-refractivity contribution in [2.45, 2.75) is 24.5 Å². The fourth-order valence-electron chi connectivity index (χ4n) is 3.08. The molecule has 1 aromatic carbocycles. The van der Waals surface area contributed by atoms with Crippen molar-refractivity contribution in [3.8, 4) is 0 Å². The molecule has 1 aliphatic rings. The van der Waals surface area contributed by atoms with E-state index in [9.17, 15) is 15.3 Å². The number of fused-ring (bicyclic) bond motifs is 1. The molecule has 2 aromatic heterocycles. The number of hydrogen-bond acceptors (Lipinski definition) is 10. The second-order valence-electron chi connectivity index (χ2n) is 6.36. The Morgan fingerprint density at radius 3 is 2.79 bits per heavy atom. The Balaban J connectivity index is 1.73. The number of aliphatic hydroxyl groups is 3. The van der Waals surface area contributed by atoms with Gasteiger partial charge in [0.15, 0.2) is 23.2 Å². The molecule has 152 valence electrons. The van der Waals surface area contributed by atoms with Crippen molar-refractivity contribution in [2.75, 3.05) is 17.8 Å². The summed E-state index contributed by atoms with van der Waals surface area (Å²) in [7, 11) is 0. The van der Waals surface area contributed by atoms with Gasteiger partial charge in [0.1, 0.15) is 24.6 Å². The molecular formula is C17H18ClN7O4. The van der Waals surface area contributed by atoms with E-state index in [1.165, 1.54) is 17.1 Å². The molecule has 6 N–H and O–H groups in total. The van der Waals surface area contributed by atoms with E-state index in [1.807, 2.05) is 6.07 Å². The summed E-state index contributed by atoms with van der Waals surface area (Å²) in [6.45, 7) is -0.466. The fraction of sp³-hybridized carbons (Fsp3) is 0.294. The number of hydrogen-bond donors (Lipinski definition) is 5. The first-order valence-electron chi connectivity index (χ1n) is 8.65. The number of aliphatic hydroxyl groups excluding tert-OH is 3. The molecule has 0 saturated carbocycles. The van der Waals surface area contributed by atoms with Crippen molar-refractivity contribution in [3.63, 3.8) is 0 Å². The number of nitrogens with one attached hydrogen (secondary N) is 1. The van der Waals surface area contributed by atoms with Gasteiger partial charge < -0.3 is 25.8 Å². The Bertz CT molecular complexity index is 1060. The van der Waals surface area contributed by atoms with Gasteiger partial charge in [-0.15, -0.1) is 0 Å². The van der Waals surface area contributed by atoms with Crippen molar-refractivity contribution in [3.05, 3.63) is 41.2 Å². The first-order valence-corrected chi connectivity index (χ1v) is 9.03. The Morgan fingerprint density at radius 1 is 1.28 bits per heavy atom. The number of imidazole rings is 1. The van der Waals surface area contributed by atoms with Crippen molar-refractivity contribution >= 4 is 40.7 Å². The number of halogens is 1. The van der Waals surface area contributed by atoms with Gasteiger partial charge in [0, 0.05) is 10.6 Å². The van der Waals surface area contributed by atoms with E-state index in [1.54, 1.807) is 18.2 Å². The van der Waals surface area contributed by atoms with Gasteiger partial charge in [0.2, 0.25) is 5.95 Å². The van der Waals surface area contributed by atoms with Gasteiger partial charge in [0.25, 0.3) is 0 Å². The standard InChI is InChI=1S/C17H18ClN7O4/c18-9-4-2-1-3-8(9)5-22-24-17-23-11-14(19)20-7-21-15(11)25(17)16-13(28)12(27)10(6-26)29-16/h1-5,7,10,12-13,16,26-28H,6H2,(H,23,24)(H2,19,20,21)/t10-,12-,13-,16-/m1/s1. The Labute approximate surface area is 169 Å². The molecular weight excluding hydrogens is 402 g/mol. The number of aromatic nitrogens is 4. The lowest BCUT2D eigenvalue weighted by molar-refractivity contribution is -0.0501. The molecule has 4 atom stereocenters. The average molecular weight is 420 g/mol. The largest absolute Gasteiger partial charge is 0.394 e. The molecule has 0 spiro atoms. The molecule has 1 fully saturated rings. The van der Waals surface area contributed by atoms with E-state index >= 15 is 0 Å². The van der Waals surface area contributed by atoms with E-state index in [4.69, 9.17) is 22.1 Å². The maximum absolute atomic E-state index is 10.4. The molecule has 3 heterocycles. The third-order valence-electron chi connectivity index (χ3n) is 4.55. The van der Waals surface area contributed by atoms with E-state index in [2.05, 4.69) is 25.5 Å². The number of nitrogens with two attached hydrogens (primary N) is 1. The van der Waals surface area contributed by atoms with Crippen LogP contribution in [-0.2, 0) is 4.74 Å². The summed E-state index contributed by atoms with van der Waals surface area (Å²) in [5.74, 6) is 0.268. The molecule has 0 unspecified atom stereocenters. The van der Waals surface area contributed by atoms with Crippen molar-refractivity contribution in [1.29, 1.82) is 0 Å². The Kier molecular flexibility index (Phi) is 5.30. The normalized spacial score (nSPS) is 24.6. The summed E-state index contributed by atoms with van der Waals surface area (Å²) in [6, 6.07) is 7.13. The van der Waals surface area contributed by atoms with Gasteiger partial charge in [-0.25, -0.2) is 20.4 Å². The van der Waals surface area contributed by atoms with Crippen LogP contribution < -0.4 is 11.2 Å². The molecule has 1 saturated heterocycles. The third-order valence-corrected chi connectivity index (χ3v) is 4.89. The highest BCUT2D eigenvalue weighted by Crippen LogP contribution is 2.35. The van der Waals surface area contributed by atoms with Gasteiger partial charge in [0.05, 0.1) is 12.8 Å². The lowest BCUT2D eigenvalue weighted by Gasteiger charge is -2.18. The first kappa shape index (κ1) is 19.5. The molecule has 0 amide bonds. The van der Waals surface area contributed by atoms with Crippen LogP contribution in [0.3, 0.4) is 0 Å². The summed E-state index contributed by atoms with van der Waals surface area (Å²) in [4.78, 5) is 12.4. The van der Waals surface area contributed by atoms with Crippen molar-refractivity contribution in [2.24, 2.45) is 5.10 Å². The average Bonchev–Trinajstić information content (AvgIpc) is 3.22. The van der Waals surface area contributed by atoms with E-state index in [0.29, 0.717) is 10.6 Å². The van der Waals surface area contributed by atoms with Gasteiger partial charge in [-0.05, 0) is 6.07 Å². The van der Waals surface area contributed by atoms with Crippen LogP contribution in [-0.4, -0.2) is 66.0 Å². The van der Waals surface area contributed by atoms with Crippen molar-refractivity contribution in [1.82, 2.24) is 19.5 Å². The highest BCUT2D eigenvalue weighted by molar-refractivity contribution is 6.33. The van der Waals surface area contributed by atoms with Crippen LogP contribution in [0.5, 0.6) is 0 Å². The van der Waals surface area contributed by atoms with Crippen LogP contribution in [0, 0.1) is 0 Å². The lowest BCUT2D eigenvalue weighted by atomic mass is 10.1. The van der Waals surface area contributed by atoms with Crippen LogP contribution >= 0.6 is 11.6 Å². The monoisotopic (exact) mass is 419 g/mol. The summed E-state index contributed by atoms with van der Waals surface area (Å²) in [5, 5.41) is 34.6. The number of benzene rings is 1. The molecule has 12 heteroatoms. The predicted octanol–water partition coefficient (Wildman–Crippen LogP) is 0.119. The summed E-state index contributed by atoms with van der Waals surface area (Å²) in [5.41, 5.74) is 9.85. The molecule has 0 bridgehead atoms. The molecule has 0 aliphatic carbocycles. The smallest absolute Gasteiger partial charge is 0.228 e. The van der Waals surface area contributed by atoms with Gasteiger partial charge in [-0.3, -0.25) is 4.57 Å². The fourth-order valence-corrected chi connectivity index (χ4v) is 3.26. The lowest BCUT2D eigenvalue weighted by Crippen LogP contribution is -2.33. The van der Waals surface area contributed by atoms with E-state index < -0.39 is 31.1 Å². The number of anilines is 2. The van der Waals surface area contributed by atoms with Crippen LogP contribution in [0.2, 0.25) is 5.02 Å². The quantitative estimate of drug-likeness (QED) is 0.285. The zero-order chi connectivity index (χ0) is 20.5. The van der Waals surface area contributed by atoms with Crippen LogP contribution in [0.4, 0.5) is 11.8 Å².